The van der Waals surface area contributed by atoms with Gasteiger partial charge in [-0.05, 0) is 37.3 Å². The van der Waals surface area contributed by atoms with Gasteiger partial charge in [0, 0.05) is 17.9 Å². The van der Waals surface area contributed by atoms with Crippen LogP contribution in [0.4, 0.5) is 0 Å². The quantitative estimate of drug-likeness (QED) is 0.741. The van der Waals surface area contributed by atoms with E-state index in [2.05, 4.69) is 38.1 Å². The molecular weight excluding hydrogens is 232 g/mol. The normalized spacial score (nSPS) is 28.5. The first-order valence-electron chi connectivity index (χ1n) is 6.45. The fourth-order valence-electron chi connectivity index (χ4n) is 2.57. The van der Waals surface area contributed by atoms with Gasteiger partial charge in [-0.2, -0.15) is 0 Å². The minimum absolute atomic E-state index is 0.134. The van der Waals surface area contributed by atoms with Gasteiger partial charge in [0.05, 0.1) is 6.10 Å². The van der Waals surface area contributed by atoms with Crippen molar-refractivity contribution in [1.82, 2.24) is 0 Å². The number of aryl methyl sites for hydroxylation is 1. The van der Waals surface area contributed by atoms with Crippen LogP contribution in [0.15, 0.2) is 24.3 Å². The summed E-state index contributed by atoms with van der Waals surface area (Å²) in [5.41, 5.74) is 2.90. The van der Waals surface area contributed by atoms with Crippen molar-refractivity contribution in [2.45, 2.75) is 39.2 Å². The van der Waals surface area contributed by atoms with Gasteiger partial charge >= 0.3 is 0 Å². The second-order valence-electron chi connectivity index (χ2n) is 5.11. The van der Waals surface area contributed by atoms with Crippen molar-refractivity contribution in [2.75, 3.05) is 12.5 Å². The van der Waals surface area contributed by atoms with Gasteiger partial charge in [-0.1, -0.05) is 31.2 Å². The number of ether oxygens (including phenoxy) is 1. The Labute approximate surface area is 109 Å². The van der Waals surface area contributed by atoms with Crippen LogP contribution in [0.2, 0.25) is 0 Å². The fourth-order valence-corrected chi connectivity index (χ4v) is 3.02. The molecule has 0 amide bonds. The highest BCUT2D eigenvalue weighted by Gasteiger charge is 2.40. The number of halogens is 1. The SMILES string of the molecule is CCc1ccc(CC2(CCl)CCOC2C)cc1. The van der Waals surface area contributed by atoms with E-state index in [0.717, 1.165) is 25.9 Å². The highest BCUT2D eigenvalue weighted by Crippen LogP contribution is 2.39. The summed E-state index contributed by atoms with van der Waals surface area (Å²) in [7, 11) is 0. The molecule has 1 aromatic carbocycles. The second kappa shape index (κ2) is 5.41. The predicted molar refractivity (Wildman–Crippen MR) is 72.7 cm³/mol. The van der Waals surface area contributed by atoms with Gasteiger partial charge in [0.15, 0.2) is 0 Å². The van der Waals surface area contributed by atoms with E-state index in [1.54, 1.807) is 0 Å². The molecule has 0 N–H and O–H groups in total. The van der Waals surface area contributed by atoms with Gasteiger partial charge in [0.2, 0.25) is 0 Å². The van der Waals surface area contributed by atoms with E-state index in [-0.39, 0.29) is 11.5 Å². The summed E-state index contributed by atoms with van der Waals surface area (Å²) in [5, 5.41) is 0. The second-order valence-corrected chi connectivity index (χ2v) is 5.37. The van der Waals surface area contributed by atoms with Crippen molar-refractivity contribution in [3.8, 4) is 0 Å². The Bertz CT molecular complexity index is 360. The zero-order valence-electron chi connectivity index (χ0n) is 10.7. The maximum atomic E-state index is 6.19. The Kier molecular flexibility index (Phi) is 4.11. The zero-order chi connectivity index (χ0) is 12.3. The molecule has 0 aromatic heterocycles. The van der Waals surface area contributed by atoms with Crippen LogP contribution in [0.3, 0.4) is 0 Å². The molecule has 1 heterocycles. The van der Waals surface area contributed by atoms with E-state index in [4.69, 9.17) is 16.3 Å². The van der Waals surface area contributed by atoms with E-state index < -0.39 is 0 Å². The minimum atomic E-state index is 0.134. The molecule has 2 atom stereocenters. The highest BCUT2D eigenvalue weighted by atomic mass is 35.5. The van der Waals surface area contributed by atoms with E-state index >= 15 is 0 Å². The van der Waals surface area contributed by atoms with Crippen LogP contribution in [-0.4, -0.2) is 18.6 Å². The molecule has 2 rings (SSSR count). The molecule has 94 valence electrons. The Morgan fingerprint density at radius 1 is 1.29 bits per heavy atom. The molecule has 0 aliphatic carbocycles. The third-order valence-corrected chi connectivity index (χ3v) is 4.62. The summed E-state index contributed by atoms with van der Waals surface area (Å²) in [6, 6.07) is 8.91. The number of hydrogen-bond acceptors (Lipinski definition) is 1. The summed E-state index contributed by atoms with van der Waals surface area (Å²) in [4.78, 5) is 0. The number of benzene rings is 1. The van der Waals surface area contributed by atoms with Crippen LogP contribution in [-0.2, 0) is 17.6 Å². The summed E-state index contributed by atoms with van der Waals surface area (Å²) < 4.78 is 5.69. The Morgan fingerprint density at radius 2 is 1.94 bits per heavy atom. The molecule has 1 aliphatic rings. The summed E-state index contributed by atoms with van der Waals surface area (Å²) >= 11 is 6.19. The molecule has 1 saturated heterocycles. The lowest BCUT2D eigenvalue weighted by molar-refractivity contribution is 0.0735. The van der Waals surface area contributed by atoms with Crippen LogP contribution in [0.5, 0.6) is 0 Å². The summed E-state index contributed by atoms with van der Waals surface area (Å²) in [6.07, 6.45) is 3.47. The van der Waals surface area contributed by atoms with E-state index in [1.807, 2.05) is 0 Å². The first kappa shape index (κ1) is 12.9. The van der Waals surface area contributed by atoms with Crippen LogP contribution < -0.4 is 0 Å². The van der Waals surface area contributed by atoms with Crippen molar-refractivity contribution in [3.63, 3.8) is 0 Å². The molecule has 0 bridgehead atoms. The number of hydrogen-bond donors (Lipinski definition) is 0. The molecule has 17 heavy (non-hydrogen) atoms. The lowest BCUT2D eigenvalue weighted by Crippen LogP contribution is -2.33. The Morgan fingerprint density at radius 3 is 2.41 bits per heavy atom. The van der Waals surface area contributed by atoms with Crippen LogP contribution in [0.1, 0.15) is 31.4 Å². The maximum absolute atomic E-state index is 6.19. The molecule has 0 spiro atoms. The van der Waals surface area contributed by atoms with Crippen molar-refractivity contribution < 1.29 is 4.74 Å². The average molecular weight is 253 g/mol. The van der Waals surface area contributed by atoms with Gasteiger partial charge in [-0.15, -0.1) is 11.6 Å². The molecule has 0 saturated carbocycles. The van der Waals surface area contributed by atoms with E-state index in [0.29, 0.717) is 5.88 Å². The first-order chi connectivity index (χ1) is 8.20. The molecule has 2 heteroatoms. The van der Waals surface area contributed by atoms with Gasteiger partial charge < -0.3 is 4.74 Å². The third kappa shape index (κ3) is 2.66. The molecular formula is C15H21ClO. The molecule has 2 unspecified atom stereocenters. The van der Waals surface area contributed by atoms with E-state index in [9.17, 15) is 0 Å². The average Bonchev–Trinajstić information content (AvgIpc) is 2.72. The molecule has 1 aliphatic heterocycles. The van der Waals surface area contributed by atoms with Crippen LogP contribution in [0, 0.1) is 5.41 Å². The number of rotatable bonds is 4. The zero-order valence-corrected chi connectivity index (χ0v) is 11.5. The fraction of sp³-hybridized carbons (Fsp3) is 0.600. The van der Waals surface area contributed by atoms with Gasteiger partial charge in [0.25, 0.3) is 0 Å². The lowest BCUT2D eigenvalue weighted by atomic mass is 9.78. The van der Waals surface area contributed by atoms with Crippen molar-refractivity contribution >= 4 is 11.6 Å². The van der Waals surface area contributed by atoms with Crippen molar-refractivity contribution in [1.29, 1.82) is 0 Å². The van der Waals surface area contributed by atoms with Crippen molar-refractivity contribution in [2.24, 2.45) is 5.41 Å². The Balaban J connectivity index is 2.12. The maximum Gasteiger partial charge on any atom is 0.0618 e. The van der Waals surface area contributed by atoms with E-state index in [1.165, 1.54) is 11.1 Å². The Hall–Kier alpha value is -0.530. The summed E-state index contributed by atoms with van der Waals surface area (Å²) in [6.45, 7) is 5.18. The highest BCUT2D eigenvalue weighted by molar-refractivity contribution is 6.18. The largest absolute Gasteiger partial charge is 0.378 e. The van der Waals surface area contributed by atoms with Crippen molar-refractivity contribution in [3.05, 3.63) is 35.4 Å². The predicted octanol–water partition coefficient (Wildman–Crippen LogP) is 3.83. The van der Waals surface area contributed by atoms with Crippen LogP contribution >= 0.6 is 11.6 Å². The molecule has 1 aromatic rings. The molecule has 0 radical (unpaired) electrons. The van der Waals surface area contributed by atoms with Crippen LogP contribution in [0.25, 0.3) is 0 Å². The van der Waals surface area contributed by atoms with Gasteiger partial charge in [-0.25, -0.2) is 0 Å². The first-order valence-corrected chi connectivity index (χ1v) is 6.99. The smallest absolute Gasteiger partial charge is 0.0618 e. The topological polar surface area (TPSA) is 9.23 Å². The van der Waals surface area contributed by atoms with Gasteiger partial charge in [0.1, 0.15) is 0 Å². The third-order valence-electron chi connectivity index (χ3n) is 4.08. The molecule has 1 nitrogen and oxygen atoms in total. The standard InChI is InChI=1S/C15H21ClO/c1-3-13-4-6-14(7-5-13)10-15(11-16)8-9-17-12(15)2/h4-7,12H,3,8-11H2,1-2H3. The lowest BCUT2D eigenvalue weighted by Gasteiger charge is -2.30. The molecule has 1 fully saturated rings. The summed E-state index contributed by atoms with van der Waals surface area (Å²) in [5.74, 6) is 0.684. The van der Waals surface area contributed by atoms with Gasteiger partial charge in [-0.3, -0.25) is 0 Å². The monoisotopic (exact) mass is 252 g/mol. The number of alkyl halides is 1. The minimum Gasteiger partial charge on any atom is -0.378 e.